The molecule has 0 radical (unpaired) electrons. The van der Waals surface area contributed by atoms with Gasteiger partial charge in [0.05, 0.1) is 0 Å². The van der Waals surface area contributed by atoms with Gasteiger partial charge in [-0.15, -0.1) is 6.58 Å². The van der Waals surface area contributed by atoms with Crippen LogP contribution in [-0.4, -0.2) is 13.1 Å². The van der Waals surface area contributed by atoms with Gasteiger partial charge in [0.25, 0.3) is 0 Å². The molecule has 1 heteroatoms. The van der Waals surface area contributed by atoms with Gasteiger partial charge in [0, 0.05) is 6.04 Å². The summed E-state index contributed by atoms with van der Waals surface area (Å²) in [5.74, 6) is 0.990. The van der Waals surface area contributed by atoms with Gasteiger partial charge in [-0.25, -0.2) is 0 Å². The minimum Gasteiger partial charge on any atom is -0.317 e. The van der Waals surface area contributed by atoms with Crippen LogP contribution in [0.3, 0.4) is 0 Å². The third-order valence-electron chi connectivity index (χ3n) is 3.96. The fourth-order valence-electron chi connectivity index (χ4n) is 2.89. The molecule has 1 atom stereocenters. The van der Waals surface area contributed by atoms with Crippen LogP contribution >= 0.6 is 0 Å². The lowest BCUT2D eigenvalue weighted by molar-refractivity contribution is 0.348. The lowest BCUT2D eigenvalue weighted by Crippen LogP contribution is -2.27. The summed E-state index contributed by atoms with van der Waals surface area (Å²) in [5, 5.41) is 3.49. The van der Waals surface area contributed by atoms with E-state index >= 15 is 0 Å². The molecule has 1 saturated carbocycles. The monoisotopic (exact) mass is 223 g/mol. The van der Waals surface area contributed by atoms with Crippen LogP contribution in [0.1, 0.15) is 64.2 Å². The van der Waals surface area contributed by atoms with E-state index in [1.807, 2.05) is 6.08 Å². The lowest BCUT2D eigenvalue weighted by Gasteiger charge is -2.22. The number of unbranched alkanes of at least 4 members (excludes halogenated alkanes) is 1. The van der Waals surface area contributed by atoms with Gasteiger partial charge in [-0.1, -0.05) is 44.6 Å². The molecule has 16 heavy (non-hydrogen) atoms. The quantitative estimate of drug-likeness (QED) is 0.386. The van der Waals surface area contributed by atoms with Gasteiger partial charge >= 0.3 is 0 Å². The molecule has 0 heterocycles. The van der Waals surface area contributed by atoms with Gasteiger partial charge < -0.3 is 5.32 Å². The minimum atomic E-state index is 0.739. The van der Waals surface area contributed by atoms with Crippen molar-refractivity contribution in [1.82, 2.24) is 5.32 Å². The number of hydrogen-bond donors (Lipinski definition) is 1. The SMILES string of the molecule is C=CCCCC(CC1CCCCCC1)NC. The Labute approximate surface area is 102 Å². The molecule has 0 aromatic carbocycles. The second kappa shape index (κ2) is 8.81. The first-order valence-corrected chi connectivity index (χ1v) is 7.15. The highest BCUT2D eigenvalue weighted by molar-refractivity contribution is 4.75. The van der Waals surface area contributed by atoms with Gasteiger partial charge in [0.1, 0.15) is 0 Å². The van der Waals surface area contributed by atoms with Gasteiger partial charge in [0.15, 0.2) is 0 Å². The number of rotatable bonds is 7. The molecule has 1 rings (SSSR count). The smallest absolute Gasteiger partial charge is 0.00668 e. The van der Waals surface area contributed by atoms with E-state index in [1.165, 1.54) is 64.2 Å². The molecule has 0 spiro atoms. The van der Waals surface area contributed by atoms with Crippen molar-refractivity contribution < 1.29 is 0 Å². The van der Waals surface area contributed by atoms with Gasteiger partial charge in [-0.3, -0.25) is 0 Å². The molecule has 0 aromatic rings. The maximum absolute atomic E-state index is 3.79. The predicted molar refractivity (Wildman–Crippen MR) is 72.7 cm³/mol. The van der Waals surface area contributed by atoms with Crippen molar-refractivity contribution in [2.45, 2.75) is 70.3 Å². The molecule has 94 valence electrons. The first-order chi connectivity index (χ1) is 7.86. The highest BCUT2D eigenvalue weighted by Gasteiger charge is 2.16. The summed E-state index contributed by atoms with van der Waals surface area (Å²) in [6.45, 7) is 3.79. The molecule has 0 saturated heterocycles. The molecule has 1 aliphatic rings. The van der Waals surface area contributed by atoms with E-state index in [9.17, 15) is 0 Å². The first-order valence-electron chi connectivity index (χ1n) is 7.15. The van der Waals surface area contributed by atoms with E-state index in [4.69, 9.17) is 0 Å². The highest BCUT2D eigenvalue weighted by atomic mass is 14.9. The van der Waals surface area contributed by atoms with Gasteiger partial charge in [-0.05, 0) is 38.6 Å². The first kappa shape index (κ1) is 13.8. The molecule has 1 unspecified atom stereocenters. The van der Waals surface area contributed by atoms with E-state index in [-0.39, 0.29) is 0 Å². The Morgan fingerprint density at radius 3 is 2.50 bits per heavy atom. The Bertz CT molecular complexity index is 168. The van der Waals surface area contributed by atoms with Crippen LogP contribution in [0.15, 0.2) is 12.7 Å². The van der Waals surface area contributed by atoms with E-state index in [2.05, 4.69) is 18.9 Å². The molecular formula is C15H29N. The standard InChI is InChI=1S/C15H29N/c1-3-4-7-12-15(16-2)13-14-10-8-5-6-9-11-14/h3,14-16H,1,4-13H2,2H3. The average molecular weight is 223 g/mol. The molecular weight excluding hydrogens is 194 g/mol. The largest absolute Gasteiger partial charge is 0.317 e. The zero-order valence-corrected chi connectivity index (χ0v) is 11.0. The highest BCUT2D eigenvalue weighted by Crippen LogP contribution is 2.27. The third kappa shape index (κ3) is 5.69. The second-order valence-corrected chi connectivity index (χ2v) is 5.30. The van der Waals surface area contributed by atoms with Crippen LogP contribution in [0, 0.1) is 5.92 Å². The predicted octanol–water partition coefficient (Wildman–Crippen LogP) is 4.29. The topological polar surface area (TPSA) is 12.0 Å². The Morgan fingerprint density at radius 1 is 1.25 bits per heavy atom. The Kier molecular flexibility index (Phi) is 7.58. The molecule has 0 bridgehead atoms. The normalized spacial score (nSPS) is 20.3. The Hall–Kier alpha value is -0.300. The van der Waals surface area contributed by atoms with Gasteiger partial charge in [-0.2, -0.15) is 0 Å². The van der Waals surface area contributed by atoms with Crippen LogP contribution < -0.4 is 5.32 Å². The van der Waals surface area contributed by atoms with Crippen molar-refractivity contribution in [2.75, 3.05) is 7.05 Å². The number of nitrogens with one attached hydrogen (secondary N) is 1. The van der Waals surface area contributed by atoms with E-state index in [1.54, 1.807) is 0 Å². The maximum atomic E-state index is 3.79. The average Bonchev–Trinajstić information content (AvgIpc) is 2.56. The van der Waals surface area contributed by atoms with Crippen molar-refractivity contribution in [3.05, 3.63) is 12.7 Å². The zero-order chi connectivity index (χ0) is 11.6. The Morgan fingerprint density at radius 2 is 1.94 bits per heavy atom. The molecule has 1 fully saturated rings. The summed E-state index contributed by atoms with van der Waals surface area (Å²) in [6, 6.07) is 0.739. The summed E-state index contributed by atoms with van der Waals surface area (Å²) in [6.07, 6.45) is 16.0. The zero-order valence-electron chi connectivity index (χ0n) is 11.0. The lowest BCUT2D eigenvalue weighted by atomic mass is 9.90. The maximum Gasteiger partial charge on any atom is 0.00668 e. The van der Waals surface area contributed by atoms with Crippen molar-refractivity contribution in [3.63, 3.8) is 0 Å². The molecule has 1 N–H and O–H groups in total. The van der Waals surface area contributed by atoms with Crippen molar-refractivity contribution in [2.24, 2.45) is 5.92 Å². The summed E-state index contributed by atoms with van der Waals surface area (Å²) in [7, 11) is 2.12. The van der Waals surface area contributed by atoms with Crippen LogP contribution in [0.25, 0.3) is 0 Å². The Balaban J connectivity index is 2.21. The van der Waals surface area contributed by atoms with E-state index in [0.29, 0.717) is 0 Å². The summed E-state index contributed by atoms with van der Waals surface area (Å²) >= 11 is 0. The molecule has 1 aliphatic carbocycles. The third-order valence-corrected chi connectivity index (χ3v) is 3.96. The van der Waals surface area contributed by atoms with Gasteiger partial charge in [0.2, 0.25) is 0 Å². The van der Waals surface area contributed by atoms with Crippen LogP contribution in [0.4, 0.5) is 0 Å². The molecule has 0 amide bonds. The summed E-state index contributed by atoms with van der Waals surface area (Å²) in [5.41, 5.74) is 0. The van der Waals surface area contributed by atoms with E-state index in [0.717, 1.165) is 12.0 Å². The van der Waals surface area contributed by atoms with Crippen molar-refractivity contribution in [3.8, 4) is 0 Å². The second-order valence-electron chi connectivity index (χ2n) is 5.30. The minimum absolute atomic E-state index is 0.739. The molecule has 0 aromatic heterocycles. The fourth-order valence-corrected chi connectivity index (χ4v) is 2.89. The molecule has 0 aliphatic heterocycles. The van der Waals surface area contributed by atoms with E-state index < -0.39 is 0 Å². The van der Waals surface area contributed by atoms with Crippen LogP contribution in [0.2, 0.25) is 0 Å². The van der Waals surface area contributed by atoms with Crippen molar-refractivity contribution in [1.29, 1.82) is 0 Å². The van der Waals surface area contributed by atoms with Crippen LogP contribution in [-0.2, 0) is 0 Å². The fraction of sp³-hybridized carbons (Fsp3) is 0.867. The number of allylic oxidation sites excluding steroid dienone is 1. The molecule has 1 nitrogen and oxygen atoms in total. The summed E-state index contributed by atoms with van der Waals surface area (Å²) < 4.78 is 0. The van der Waals surface area contributed by atoms with Crippen molar-refractivity contribution >= 4 is 0 Å². The number of hydrogen-bond acceptors (Lipinski definition) is 1. The summed E-state index contributed by atoms with van der Waals surface area (Å²) in [4.78, 5) is 0. The van der Waals surface area contributed by atoms with Crippen LogP contribution in [0.5, 0.6) is 0 Å².